The minimum Gasteiger partial charge on any atom is -0.495 e. The highest BCUT2D eigenvalue weighted by atomic mass is 35.5. The Morgan fingerprint density at radius 2 is 2.12 bits per heavy atom. The Kier molecular flexibility index (Phi) is 5.46. The summed E-state index contributed by atoms with van der Waals surface area (Å²) in [5.41, 5.74) is 1.34. The van der Waals surface area contributed by atoms with E-state index < -0.39 is 17.9 Å². The number of carbonyl (C=O) groups is 2. The van der Waals surface area contributed by atoms with Crippen molar-refractivity contribution >= 4 is 23.5 Å². The van der Waals surface area contributed by atoms with Gasteiger partial charge in [-0.15, -0.1) is 0 Å². The number of halogens is 1. The largest absolute Gasteiger partial charge is 0.495 e. The zero-order valence-electron chi connectivity index (χ0n) is 13.5. The number of aromatic nitrogens is 2. The number of amides is 1. The lowest BCUT2D eigenvalue weighted by molar-refractivity contribution is -0.139. The van der Waals surface area contributed by atoms with Gasteiger partial charge in [0.05, 0.1) is 17.8 Å². The van der Waals surface area contributed by atoms with Crippen LogP contribution in [-0.2, 0) is 11.3 Å². The van der Waals surface area contributed by atoms with Crippen LogP contribution in [0.2, 0.25) is 5.02 Å². The first-order valence-electron chi connectivity index (χ1n) is 7.29. The average Bonchev–Trinajstić information content (AvgIpc) is 2.93. The van der Waals surface area contributed by atoms with Gasteiger partial charge in [0.1, 0.15) is 11.4 Å². The summed E-state index contributed by atoms with van der Waals surface area (Å²) in [5.74, 6) is -1.28. The Hall–Kier alpha value is -2.54. The minimum absolute atomic E-state index is 0.268. The van der Waals surface area contributed by atoms with Crippen molar-refractivity contribution in [3.63, 3.8) is 0 Å². The second kappa shape index (κ2) is 7.35. The normalized spacial score (nSPS) is 11.8. The molecular formula is C16H18ClN3O4. The fraction of sp³-hybridized carbons (Fsp3) is 0.312. The summed E-state index contributed by atoms with van der Waals surface area (Å²) >= 11 is 6.04. The summed E-state index contributed by atoms with van der Waals surface area (Å²) in [5, 5.41) is 16.4. The van der Waals surface area contributed by atoms with Crippen LogP contribution in [-0.4, -0.2) is 33.9 Å². The smallest absolute Gasteiger partial charge is 0.330 e. The standard InChI is InChI=1S/C16H18ClN3O4/c1-4-20-12(7-9(2)19-20)15(21)18-14(16(22)23)10-5-6-13(24-3)11(17)8-10/h5-8,14H,4H2,1-3H3,(H,18,21)(H,22,23). The van der Waals surface area contributed by atoms with Gasteiger partial charge in [0, 0.05) is 6.54 Å². The third-order valence-electron chi connectivity index (χ3n) is 3.47. The van der Waals surface area contributed by atoms with Crippen molar-refractivity contribution in [2.75, 3.05) is 7.11 Å². The van der Waals surface area contributed by atoms with Crippen LogP contribution in [0.3, 0.4) is 0 Å². The van der Waals surface area contributed by atoms with Gasteiger partial charge in [0.2, 0.25) is 0 Å². The Balaban J connectivity index is 2.30. The highest BCUT2D eigenvalue weighted by Crippen LogP contribution is 2.28. The lowest BCUT2D eigenvalue weighted by Gasteiger charge is -2.16. The SMILES string of the molecule is CCn1nc(C)cc1C(=O)NC(C(=O)O)c1ccc(OC)c(Cl)c1. The molecule has 1 atom stereocenters. The topological polar surface area (TPSA) is 93.5 Å². The molecule has 0 saturated carbocycles. The molecule has 0 aliphatic heterocycles. The minimum atomic E-state index is -1.23. The molecule has 7 nitrogen and oxygen atoms in total. The van der Waals surface area contributed by atoms with E-state index in [1.165, 1.54) is 17.9 Å². The third-order valence-corrected chi connectivity index (χ3v) is 3.76. The molecular weight excluding hydrogens is 334 g/mol. The predicted molar refractivity (Wildman–Crippen MR) is 88.5 cm³/mol. The lowest BCUT2D eigenvalue weighted by Crippen LogP contribution is -2.35. The fourth-order valence-electron chi connectivity index (χ4n) is 2.32. The number of carboxylic acid groups (broad SMARTS) is 1. The van der Waals surface area contributed by atoms with E-state index in [0.717, 1.165) is 0 Å². The molecule has 0 radical (unpaired) electrons. The number of hydrogen-bond acceptors (Lipinski definition) is 4. The molecule has 2 aromatic rings. The van der Waals surface area contributed by atoms with Gasteiger partial charge in [-0.25, -0.2) is 4.79 Å². The zero-order chi connectivity index (χ0) is 17.9. The van der Waals surface area contributed by atoms with E-state index in [1.807, 2.05) is 6.92 Å². The van der Waals surface area contributed by atoms with E-state index in [9.17, 15) is 14.7 Å². The molecule has 1 unspecified atom stereocenters. The molecule has 0 spiro atoms. The summed E-state index contributed by atoms with van der Waals surface area (Å²) in [4.78, 5) is 24.0. The first kappa shape index (κ1) is 17.8. The molecule has 0 bridgehead atoms. The quantitative estimate of drug-likeness (QED) is 0.833. The van der Waals surface area contributed by atoms with Gasteiger partial charge >= 0.3 is 5.97 Å². The molecule has 0 aliphatic rings. The van der Waals surface area contributed by atoms with Gasteiger partial charge in [0.25, 0.3) is 5.91 Å². The molecule has 0 saturated heterocycles. The molecule has 128 valence electrons. The van der Waals surface area contributed by atoms with E-state index in [0.29, 0.717) is 29.2 Å². The van der Waals surface area contributed by atoms with E-state index >= 15 is 0 Å². The summed E-state index contributed by atoms with van der Waals surface area (Å²) in [6.45, 7) is 4.12. The third kappa shape index (κ3) is 3.68. The van der Waals surface area contributed by atoms with Gasteiger partial charge in [-0.05, 0) is 37.6 Å². The van der Waals surface area contributed by atoms with Crippen LogP contribution in [0.15, 0.2) is 24.3 Å². The molecule has 2 rings (SSSR count). The number of carbonyl (C=O) groups excluding carboxylic acids is 1. The van der Waals surface area contributed by atoms with Crippen molar-refractivity contribution in [2.24, 2.45) is 0 Å². The number of aryl methyl sites for hydroxylation is 2. The number of ether oxygens (including phenoxy) is 1. The fourth-order valence-corrected chi connectivity index (χ4v) is 2.59. The van der Waals surface area contributed by atoms with E-state index in [-0.39, 0.29) is 5.02 Å². The summed E-state index contributed by atoms with van der Waals surface area (Å²) in [6, 6.07) is 4.94. The van der Waals surface area contributed by atoms with Gasteiger partial charge in [-0.2, -0.15) is 5.10 Å². The highest BCUT2D eigenvalue weighted by Gasteiger charge is 2.25. The number of rotatable bonds is 6. The molecule has 0 fully saturated rings. The summed E-state index contributed by atoms with van der Waals surface area (Å²) in [7, 11) is 1.46. The van der Waals surface area contributed by atoms with Gasteiger partial charge in [-0.3, -0.25) is 9.48 Å². The Labute approximate surface area is 144 Å². The number of methoxy groups -OCH3 is 1. The monoisotopic (exact) mass is 351 g/mol. The average molecular weight is 352 g/mol. The first-order valence-corrected chi connectivity index (χ1v) is 7.66. The molecule has 8 heteroatoms. The molecule has 24 heavy (non-hydrogen) atoms. The highest BCUT2D eigenvalue weighted by molar-refractivity contribution is 6.32. The predicted octanol–water partition coefficient (Wildman–Crippen LogP) is 2.43. The molecule has 1 aromatic heterocycles. The number of carboxylic acids is 1. The Morgan fingerprint density at radius 1 is 1.42 bits per heavy atom. The van der Waals surface area contributed by atoms with Crippen LogP contribution in [0.25, 0.3) is 0 Å². The number of benzene rings is 1. The van der Waals surface area contributed by atoms with Crippen LogP contribution in [0.4, 0.5) is 0 Å². The molecule has 1 heterocycles. The number of nitrogens with zero attached hydrogens (tertiary/aromatic N) is 2. The number of aliphatic carboxylic acids is 1. The summed E-state index contributed by atoms with van der Waals surface area (Å²) in [6.07, 6.45) is 0. The van der Waals surface area contributed by atoms with E-state index in [4.69, 9.17) is 16.3 Å². The van der Waals surface area contributed by atoms with Gasteiger partial charge in [-0.1, -0.05) is 17.7 Å². The molecule has 1 aromatic carbocycles. The first-order chi connectivity index (χ1) is 11.4. The number of hydrogen-bond donors (Lipinski definition) is 2. The lowest BCUT2D eigenvalue weighted by atomic mass is 10.1. The maximum absolute atomic E-state index is 12.4. The van der Waals surface area contributed by atoms with Crippen LogP contribution in [0.5, 0.6) is 5.75 Å². The van der Waals surface area contributed by atoms with Gasteiger partial charge < -0.3 is 15.2 Å². The Bertz CT molecular complexity index is 773. The van der Waals surface area contributed by atoms with Gasteiger partial charge in [0.15, 0.2) is 6.04 Å². The van der Waals surface area contributed by atoms with Crippen molar-refractivity contribution < 1.29 is 19.4 Å². The molecule has 2 N–H and O–H groups in total. The van der Waals surface area contributed by atoms with E-state index in [2.05, 4.69) is 10.4 Å². The maximum atomic E-state index is 12.4. The van der Waals surface area contributed by atoms with Crippen molar-refractivity contribution in [3.05, 3.63) is 46.2 Å². The van der Waals surface area contributed by atoms with Crippen LogP contribution in [0.1, 0.15) is 34.7 Å². The van der Waals surface area contributed by atoms with Crippen molar-refractivity contribution in [2.45, 2.75) is 26.4 Å². The van der Waals surface area contributed by atoms with Crippen molar-refractivity contribution in [1.82, 2.24) is 15.1 Å². The second-order valence-corrected chi connectivity index (χ2v) is 5.53. The molecule has 0 aliphatic carbocycles. The van der Waals surface area contributed by atoms with E-state index in [1.54, 1.807) is 25.1 Å². The number of nitrogens with one attached hydrogen (secondary N) is 1. The maximum Gasteiger partial charge on any atom is 0.330 e. The summed E-state index contributed by atoms with van der Waals surface area (Å²) < 4.78 is 6.56. The van der Waals surface area contributed by atoms with Crippen LogP contribution < -0.4 is 10.1 Å². The Morgan fingerprint density at radius 3 is 2.67 bits per heavy atom. The van der Waals surface area contributed by atoms with Crippen LogP contribution in [0, 0.1) is 6.92 Å². The van der Waals surface area contributed by atoms with Crippen LogP contribution >= 0.6 is 11.6 Å². The zero-order valence-corrected chi connectivity index (χ0v) is 14.3. The van der Waals surface area contributed by atoms with Crippen molar-refractivity contribution in [3.8, 4) is 5.75 Å². The molecule has 1 amide bonds. The second-order valence-electron chi connectivity index (χ2n) is 5.13. The van der Waals surface area contributed by atoms with Crippen molar-refractivity contribution in [1.29, 1.82) is 0 Å².